The molecule has 8 nitrogen and oxygen atoms in total. The molecule has 2 N–H and O–H groups in total. The molecule has 2 amide bonds. The number of fused-ring (bicyclic) bond motifs is 1. The number of hydrogen-bond donors (Lipinski definition) is 2. The van der Waals surface area contributed by atoms with Gasteiger partial charge in [0.15, 0.2) is 0 Å². The molecule has 3 aliphatic rings. The smallest absolute Gasteiger partial charge is 0.246 e. The van der Waals surface area contributed by atoms with Crippen LogP contribution in [0.15, 0.2) is 60.0 Å². The van der Waals surface area contributed by atoms with Crippen LogP contribution in [0.25, 0.3) is 11.1 Å². The van der Waals surface area contributed by atoms with Crippen LogP contribution in [0.1, 0.15) is 79.0 Å². The second kappa shape index (κ2) is 13.7. The van der Waals surface area contributed by atoms with Crippen molar-refractivity contribution >= 4 is 28.9 Å². The molecule has 2 aliphatic heterocycles. The van der Waals surface area contributed by atoms with Crippen LogP contribution in [0.5, 0.6) is 0 Å². The Morgan fingerprint density at radius 2 is 1.70 bits per heavy atom. The van der Waals surface area contributed by atoms with Crippen molar-refractivity contribution in [1.82, 2.24) is 25.4 Å². The summed E-state index contributed by atoms with van der Waals surface area (Å²) >= 11 is 1.45. The third-order valence-corrected chi connectivity index (χ3v) is 10.7. The van der Waals surface area contributed by atoms with Gasteiger partial charge in [0.25, 0.3) is 0 Å². The molecule has 2 saturated heterocycles. The maximum atomic E-state index is 14.5. The summed E-state index contributed by atoms with van der Waals surface area (Å²) in [6.45, 7) is 4.14. The number of thiazole rings is 1. The quantitative estimate of drug-likeness (QED) is 0.328. The summed E-state index contributed by atoms with van der Waals surface area (Å²) in [6, 6.07) is 16.8. The van der Waals surface area contributed by atoms with Gasteiger partial charge in [-0.3, -0.25) is 19.3 Å². The lowest BCUT2D eigenvalue weighted by Crippen LogP contribution is -2.60. The Morgan fingerprint density at radius 1 is 0.932 bits per heavy atom. The minimum Gasteiger partial charge on any atom is -0.343 e. The number of ketones is 1. The maximum absolute atomic E-state index is 14.5. The van der Waals surface area contributed by atoms with Gasteiger partial charge in [0.2, 0.25) is 17.6 Å². The van der Waals surface area contributed by atoms with Gasteiger partial charge in [-0.25, -0.2) is 4.98 Å². The number of nitrogens with one attached hydrogen (secondary N) is 2. The fourth-order valence-corrected chi connectivity index (χ4v) is 7.97. The number of amides is 2. The second-order valence-corrected chi connectivity index (χ2v) is 13.4. The minimum atomic E-state index is -0.559. The number of piperazine rings is 1. The molecule has 3 fully saturated rings. The molecule has 1 saturated carbocycles. The zero-order valence-electron chi connectivity index (χ0n) is 25.7. The van der Waals surface area contributed by atoms with Crippen LogP contribution in [0.4, 0.5) is 0 Å². The molecular weight excluding hydrogens is 570 g/mol. The van der Waals surface area contributed by atoms with Crippen LogP contribution >= 0.6 is 11.3 Å². The van der Waals surface area contributed by atoms with Gasteiger partial charge >= 0.3 is 0 Å². The molecule has 1 aliphatic carbocycles. The van der Waals surface area contributed by atoms with Gasteiger partial charge in [-0.05, 0) is 69.3 Å². The van der Waals surface area contributed by atoms with Gasteiger partial charge in [-0.15, -0.1) is 11.3 Å². The number of rotatable bonds is 9. The van der Waals surface area contributed by atoms with E-state index in [1.165, 1.54) is 17.8 Å². The van der Waals surface area contributed by atoms with Crippen molar-refractivity contribution < 1.29 is 14.4 Å². The molecule has 0 spiro atoms. The van der Waals surface area contributed by atoms with Crippen molar-refractivity contribution in [2.75, 3.05) is 26.7 Å². The summed E-state index contributed by atoms with van der Waals surface area (Å²) in [5, 5.41) is 8.78. The highest BCUT2D eigenvalue weighted by Gasteiger charge is 2.44. The van der Waals surface area contributed by atoms with Crippen molar-refractivity contribution in [2.24, 2.45) is 5.92 Å². The largest absolute Gasteiger partial charge is 0.343 e. The fourth-order valence-electron chi connectivity index (χ4n) is 7.07. The first-order valence-corrected chi connectivity index (χ1v) is 17.0. The predicted octanol–water partition coefficient (Wildman–Crippen LogP) is 5.06. The molecule has 9 heteroatoms. The number of aromatic nitrogens is 1. The Morgan fingerprint density at radius 3 is 2.48 bits per heavy atom. The van der Waals surface area contributed by atoms with Crippen molar-refractivity contribution in [3.63, 3.8) is 0 Å². The predicted molar refractivity (Wildman–Crippen MR) is 174 cm³/mol. The third-order valence-electron chi connectivity index (χ3n) is 9.76. The van der Waals surface area contributed by atoms with E-state index in [2.05, 4.69) is 15.5 Å². The Hall–Kier alpha value is -3.40. The minimum absolute atomic E-state index is 0.0104. The number of benzene rings is 2. The first kappa shape index (κ1) is 30.6. The average Bonchev–Trinajstić information content (AvgIpc) is 3.76. The number of likely N-dealkylation sites (N-methyl/N-ethyl adjacent to an activating group) is 1. The molecule has 0 unspecified atom stereocenters. The van der Waals surface area contributed by atoms with Crippen LogP contribution in [0, 0.1) is 5.92 Å². The lowest BCUT2D eigenvalue weighted by Gasteiger charge is -2.45. The molecule has 3 heterocycles. The number of hydrogen-bond acceptors (Lipinski definition) is 7. The topological polar surface area (TPSA) is 94.6 Å². The molecule has 2 aromatic carbocycles. The Balaban J connectivity index is 1.27. The summed E-state index contributed by atoms with van der Waals surface area (Å²) in [7, 11) is 1.76. The molecule has 44 heavy (non-hydrogen) atoms. The Labute approximate surface area is 264 Å². The van der Waals surface area contributed by atoms with Crippen molar-refractivity contribution in [1.29, 1.82) is 0 Å². The van der Waals surface area contributed by atoms with Crippen LogP contribution in [-0.4, -0.2) is 77.2 Å². The van der Waals surface area contributed by atoms with Crippen molar-refractivity contribution in [3.05, 3.63) is 76.2 Å². The lowest BCUT2D eigenvalue weighted by molar-refractivity contribution is -0.144. The van der Waals surface area contributed by atoms with E-state index < -0.39 is 6.04 Å². The third kappa shape index (κ3) is 6.50. The Kier molecular flexibility index (Phi) is 9.54. The number of carbonyl (C=O) groups is 3. The molecule has 1 aromatic heterocycles. The molecule has 0 radical (unpaired) electrons. The van der Waals surface area contributed by atoms with Crippen LogP contribution in [0.3, 0.4) is 0 Å². The van der Waals surface area contributed by atoms with Crippen LogP contribution < -0.4 is 10.6 Å². The van der Waals surface area contributed by atoms with Gasteiger partial charge in [-0.1, -0.05) is 67.8 Å². The summed E-state index contributed by atoms with van der Waals surface area (Å²) in [4.78, 5) is 50.6. The van der Waals surface area contributed by atoms with E-state index in [4.69, 9.17) is 4.98 Å². The molecule has 232 valence electrons. The summed E-state index contributed by atoms with van der Waals surface area (Å²) in [6.07, 6.45) is 7.39. The molecule has 0 bridgehead atoms. The van der Waals surface area contributed by atoms with Gasteiger partial charge in [0.05, 0.1) is 12.1 Å². The normalized spacial score (nSPS) is 22.3. The number of nitrogens with zero attached hydrogens (tertiary/aromatic N) is 3. The van der Waals surface area contributed by atoms with E-state index in [1.54, 1.807) is 7.05 Å². The summed E-state index contributed by atoms with van der Waals surface area (Å²) in [5.74, 6) is -0.153. The lowest BCUT2D eigenvalue weighted by atomic mass is 9.82. The molecule has 4 atom stereocenters. The van der Waals surface area contributed by atoms with Gasteiger partial charge in [-0.2, -0.15) is 0 Å². The van der Waals surface area contributed by atoms with E-state index in [1.807, 2.05) is 71.8 Å². The highest BCUT2D eigenvalue weighted by molar-refractivity contribution is 7.10. The van der Waals surface area contributed by atoms with E-state index in [0.29, 0.717) is 30.4 Å². The van der Waals surface area contributed by atoms with Gasteiger partial charge in [0.1, 0.15) is 16.7 Å². The maximum Gasteiger partial charge on any atom is 0.246 e. The second-order valence-electron chi connectivity index (χ2n) is 12.5. The monoisotopic (exact) mass is 613 g/mol. The molecule has 6 rings (SSSR count). The van der Waals surface area contributed by atoms with E-state index >= 15 is 0 Å². The van der Waals surface area contributed by atoms with Crippen molar-refractivity contribution in [2.45, 2.75) is 76.0 Å². The first-order valence-electron chi connectivity index (χ1n) is 16.1. The van der Waals surface area contributed by atoms with Gasteiger partial charge in [0, 0.05) is 30.1 Å². The van der Waals surface area contributed by atoms with Crippen LogP contribution in [-0.2, 0) is 9.59 Å². The molecule has 3 aromatic rings. The van der Waals surface area contributed by atoms with E-state index in [-0.39, 0.29) is 35.6 Å². The zero-order chi connectivity index (χ0) is 30.6. The van der Waals surface area contributed by atoms with Crippen LogP contribution in [0.2, 0.25) is 0 Å². The summed E-state index contributed by atoms with van der Waals surface area (Å²) < 4.78 is 0. The fraction of sp³-hybridized carbons (Fsp3) is 0.486. The number of carbonyl (C=O) groups excluding carboxylic acids is 3. The SMILES string of the molecule is CN[C@@H](C)C(=O)N[C@H](C(=O)N1C[C@H]2CCCN2C[C@H]1c1nc(C(=O)c2cccc(-c3ccccc3)c2)cs1)C1CCCCC1. The highest BCUT2D eigenvalue weighted by atomic mass is 32.1. The average molecular weight is 614 g/mol. The van der Waals surface area contributed by atoms with E-state index in [9.17, 15) is 14.4 Å². The van der Waals surface area contributed by atoms with Crippen molar-refractivity contribution in [3.8, 4) is 11.1 Å². The standard InChI is InChI=1S/C35H43N5O3S/c1-23(36-2)33(42)38-31(25-13-7-4-8-14-25)35(43)40-20-28-17-10-18-39(28)21-30(40)34-37-29(22-44-34)32(41)27-16-9-15-26(19-27)24-11-5-3-6-12-24/h3,5-6,9,11-12,15-16,19,22-23,25,28,30-31,36H,4,7-8,10,13-14,17-18,20-21H2,1-2H3,(H,38,42)/t23-,28+,30-,31-/m0/s1. The Bertz CT molecular complexity index is 1470. The first-order chi connectivity index (χ1) is 21.4. The van der Waals surface area contributed by atoms with E-state index in [0.717, 1.165) is 61.2 Å². The van der Waals surface area contributed by atoms with Gasteiger partial charge < -0.3 is 15.5 Å². The zero-order valence-corrected chi connectivity index (χ0v) is 26.5. The highest BCUT2D eigenvalue weighted by Crippen LogP contribution is 2.36. The summed E-state index contributed by atoms with van der Waals surface area (Å²) in [5.41, 5.74) is 3.05. The molecular formula is C35H43N5O3S.